The minimum atomic E-state index is -1.89. The van der Waals surface area contributed by atoms with Crippen LogP contribution in [0, 0.1) is 5.92 Å². The Labute approximate surface area is 243 Å². The van der Waals surface area contributed by atoms with Gasteiger partial charge in [-0.1, -0.05) is 97.3 Å². The molecule has 7 heteroatoms. The lowest BCUT2D eigenvalue weighted by Gasteiger charge is -2.18. The summed E-state index contributed by atoms with van der Waals surface area (Å²) < 4.78 is 17.0. The standard InChI is InChI=1S/C32H64NO5P/c1-3-5-6-7-8-9-10-11-12-13-14-15-16-20-26-36-29-31(28-32(34)22-4-2)30-38-39(35)37-27-21-19-25-33-23-17-18-24-33/h31,35H,3-30H2,1-2H3/p+1. The molecule has 0 aliphatic carbocycles. The van der Waals surface area contributed by atoms with E-state index in [0.717, 1.165) is 32.3 Å². The molecule has 0 aromatic heterocycles. The number of likely N-dealkylation sites (tertiary alicyclic amines) is 1. The Balaban J connectivity index is 2.02. The number of carbonyl (C=O) groups is 1. The van der Waals surface area contributed by atoms with Crippen molar-refractivity contribution in [3.05, 3.63) is 0 Å². The monoisotopic (exact) mass is 574 g/mol. The predicted molar refractivity (Wildman–Crippen MR) is 164 cm³/mol. The van der Waals surface area contributed by atoms with Crippen LogP contribution < -0.4 is 4.90 Å². The minimum Gasteiger partial charge on any atom is -0.381 e. The van der Waals surface area contributed by atoms with E-state index >= 15 is 0 Å². The number of rotatable bonds is 30. The summed E-state index contributed by atoms with van der Waals surface area (Å²) in [4.78, 5) is 24.1. The molecule has 1 aliphatic heterocycles. The van der Waals surface area contributed by atoms with Crippen LogP contribution in [0.25, 0.3) is 0 Å². The zero-order valence-corrected chi connectivity index (χ0v) is 26.8. The number of nitrogens with one attached hydrogen (secondary N) is 1. The summed E-state index contributed by atoms with van der Waals surface area (Å²) in [5, 5.41) is 0. The normalized spacial score (nSPS) is 15.7. The van der Waals surface area contributed by atoms with Crippen LogP contribution in [0.4, 0.5) is 0 Å². The van der Waals surface area contributed by atoms with Gasteiger partial charge in [0.05, 0.1) is 39.5 Å². The lowest BCUT2D eigenvalue weighted by Crippen LogP contribution is -3.09. The Kier molecular flexibility index (Phi) is 26.5. The maximum Gasteiger partial charge on any atom is 0.329 e. The zero-order chi connectivity index (χ0) is 28.2. The fraction of sp³-hybridized carbons (Fsp3) is 0.969. The molecule has 1 saturated heterocycles. The van der Waals surface area contributed by atoms with Crippen LogP contribution in [0.2, 0.25) is 0 Å². The Morgan fingerprint density at radius 2 is 1.28 bits per heavy atom. The number of carbonyl (C=O) groups excluding carboxylic acids is 1. The highest BCUT2D eigenvalue weighted by atomic mass is 31.2. The second kappa shape index (κ2) is 28.0. The molecule has 0 aromatic carbocycles. The average molecular weight is 575 g/mol. The van der Waals surface area contributed by atoms with Gasteiger partial charge in [0.15, 0.2) is 0 Å². The van der Waals surface area contributed by atoms with Crippen molar-refractivity contribution in [1.29, 1.82) is 0 Å². The second-order valence-electron chi connectivity index (χ2n) is 11.8. The van der Waals surface area contributed by atoms with Gasteiger partial charge in [-0.2, -0.15) is 0 Å². The summed E-state index contributed by atoms with van der Waals surface area (Å²) in [6.45, 7) is 10.2. The first-order valence-electron chi connectivity index (χ1n) is 16.8. The molecule has 1 heterocycles. The summed E-state index contributed by atoms with van der Waals surface area (Å²) in [7, 11) is -1.89. The van der Waals surface area contributed by atoms with Crippen molar-refractivity contribution in [3.63, 3.8) is 0 Å². The van der Waals surface area contributed by atoms with Crippen LogP contribution in [0.3, 0.4) is 0 Å². The topological polar surface area (TPSA) is 69.4 Å². The van der Waals surface area contributed by atoms with Crippen LogP contribution in [0.1, 0.15) is 149 Å². The molecule has 1 aliphatic rings. The molecule has 0 aromatic rings. The van der Waals surface area contributed by atoms with Crippen molar-refractivity contribution >= 4 is 14.4 Å². The molecule has 2 atom stereocenters. The van der Waals surface area contributed by atoms with Gasteiger partial charge in [0.2, 0.25) is 0 Å². The number of hydrogen-bond acceptors (Lipinski definition) is 5. The van der Waals surface area contributed by atoms with E-state index in [9.17, 15) is 9.69 Å². The first kappa shape index (κ1) is 36.9. The molecule has 1 rings (SSSR count). The highest BCUT2D eigenvalue weighted by Gasteiger charge is 2.18. The maximum absolute atomic E-state index is 12.2. The van der Waals surface area contributed by atoms with Crippen molar-refractivity contribution in [3.8, 4) is 0 Å². The molecule has 1 fully saturated rings. The van der Waals surface area contributed by atoms with E-state index in [0.29, 0.717) is 32.7 Å². The van der Waals surface area contributed by atoms with Crippen LogP contribution in [-0.2, 0) is 18.6 Å². The SMILES string of the molecule is CCCCCCCCCCCCCCCCOCC(COP(O)OCCCC[NH+]1CCCC1)CC(=O)CCC. The number of unbranched alkanes of at least 4 members (excludes halogenated alkanes) is 14. The fourth-order valence-electron chi connectivity index (χ4n) is 5.47. The third kappa shape index (κ3) is 24.2. The Hall–Kier alpha value is -0.100. The van der Waals surface area contributed by atoms with E-state index in [-0.39, 0.29) is 11.7 Å². The van der Waals surface area contributed by atoms with Crippen molar-refractivity contribution in [1.82, 2.24) is 0 Å². The lowest BCUT2D eigenvalue weighted by atomic mass is 10.0. The number of ether oxygens (including phenoxy) is 1. The van der Waals surface area contributed by atoms with Gasteiger partial charge in [-0.25, -0.2) is 0 Å². The van der Waals surface area contributed by atoms with Gasteiger partial charge in [-0.05, 0) is 25.7 Å². The minimum absolute atomic E-state index is 0.0183. The van der Waals surface area contributed by atoms with Gasteiger partial charge < -0.3 is 23.6 Å². The Bertz CT molecular complexity index is 533. The van der Waals surface area contributed by atoms with Crippen LogP contribution in [0.15, 0.2) is 0 Å². The Morgan fingerprint density at radius 3 is 1.87 bits per heavy atom. The van der Waals surface area contributed by atoms with Gasteiger partial charge in [0.25, 0.3) is 0 Å². The molecular weight excluding hydrogens is 509 g/mol. The van der Waals surface area contributed by atoms with Crippen molar-refractivity contribution in [2.75, 3.05) is 46.1 Å². The van der Waals surface area contributed by atoms with E-state index in [4.69, 9.17) is 13.8 Å². The molecule has 0 bridgehead atoms. The van der Waals surface area contributed by atoms with Crippen LogP contribution in [-0.4, -0.2) is 56.7 Å². The van der Waals surface area contributed by atoms with Gasteiger partial charge in [0.1, 0.15) is 5.78 Å². The number of Topliss-reactive ketones (excluding diaryl/α,β-unsaturated/α-hetero) is 1. The highest BCUT2D eigenvalue weighted by Crippen LogP contribution is 2.34. The molecule has 2 N–H and O–H groups in total. The van der Waals surface area contributed by atoms with E-state index < -0.39 is 8.60 Å². The van der Waals surface area contributed by atoms with Gasteiger partial charge in [-0.3, -0.25) is 4.79 Å². The van der Waals surface area contributed by atoms with Crippen molar-refractivity contribution in [2.45, 2.75) is 149 Å². The number of ketones is 1. The molecule has 6 nitrogen and oxygen atoms in total. The fourth-order valence-corrected chi connectivity index (χ4v) is 6.17. The lowest BCUT2D eigenvalue weighted by molar-refractivity contribution is -0.887. The maximum atomic E-state index is 12.2. The quantitative estimate of drug-likeness (QED) is 0.0684. The third-order valence-corrected chi connectivity index (χ3v) is 8.67. The van der Waals surface area contributed by atoms with E-state index in [1.54, 1.807) is 4.90 Å². The first-order valence-corrected chi connectivity index (χ1v) is 18.0. The van der Waals surface area contributed by atoms with Crippen molar-refractivity contribution < 1.29 is 28.4 Å². The largest absolute Gasteiger partial charge is 0.381 e. The molecule has 0 amide bonds. The summed E-state index contributed by atoms with van der Waals surface area (Å²) in [6.07, 6.45) is 25.6. The van der Waals surface area contributed by atoms with Crippen LogP contribution >= 0.6 is 8.60 Å². The summed E-state index contributed by atoms with van der Waals surface area (Å²) in [5.74, 6) is 0.231. The molecule has 2 unspecified atom stereocenters. The Morgan fingerprint density at radius 1 is 0.718 bits per heavy atom. The average Bonchev–Trinajstić information content (AvgIpc) is 3.45. The molecule has 0 spiro atoms. The molecule has 232 valence electrons. The molecule has 39 heavy (non-hydrogen) atoms. The van der Waals surface area contributed by atoms with E-state index in [2.05, 4.69) is 6.92 Å². The number of hydrogen-bond donors (Lipinski definition) is 2. The van der Waals surface area contributed by atoms with Gasteiger partial charge in [-0.15, -0.1) is 0 Å². The van der Waals surface area contributed by atoms with E-state index in [1.165, 1.54) is 116 Å². The number of quaternary nitrogens is 1. The highest BCUT2D eigenvalue weighted by molar-refractivity contribution is 7.40. The summed E-state index contributed by atoms with van der Waals surface area (Å²) >= 11 is 0. The van der Waals surface area contributed by atoms with Gasteiger partial charge in [0, 0.05) is 38.2 Å². The molecule has 0 radical (unpaired) electrons. The van der Waals surface area contributed by atoms with E-state index in [1.807, 2.05) is 6.92 Å². The molecular formula is C32H65NO5P+. The smallest absolute Gasteiger partial charge is 0.329 e. The van der Waals surface area contributed by atoms with Crippen LogP contribution in [0.5, 0.6) is 0 Å². The summed E-state index contributed by atoms with van der Waals surface area (Å²) in [6, 6.07) is 0. The zero-order valence-electron chi connectivity index (χ0n) is 25.9. The molecule has 0 saturated carbocycles. The van der Waals surface area contributed by atoms with Crippen molar-refractivity contribution in [2.24, 2.45) is 5.92 Å². The third-order valence-electron chi connectivity index (χ3n) is 7.90. The van der Waals surface area contributed by atoms with Gasteiger partial charge >= 0.3 is 8.60 Å². The second-order valence-corrected chi connectivity index (χ2v) is 12.8. The first-order chi connectivity index (χ1) is 19.2. The predicted octanol–water partition coefficient (Wildman–Crippen LogP) is 7.57. The summed E-state index contributed by atoms with van der Waals surface area (Å²) in [5.41, 5.74) is 0.